The van der Waals surface area contributed by atoms with E-state index in [1.165, 1.54) is 0 Å². The van der Waals surface area contributed by atoms with Crippen LogP contribution in [-0.2, 0) is 4.74 Å². The molecule has 0 aromatic rings. The Kier molecular flexibility index (Phi) is 5.54. The van der Waals surface area contributed by atoms with Crippen molar-refractivity contribution in [2.24, 2.45) is 0 Å². The molecule has 0 rings (SSSR count). The molecular formula is C9H12O. The van der Waals surface area contributed by atoms with Gasteiger partial charge in [0.2, 0.25) is 0 Å². The van der Waals surface area contributed by atoms with Gasteiger partial charge in [-0.05, 0) is 25.5 Å². The van der Waals surface area contributed by atoms with Crippen LogP contribution >= 0.6 is 0 Å². The first-order chi connectivity index (χ1) is 4.81. The van der Waals surface area contributed by atoms with Gasteiger partial charge in [-0.2, -0.15) is 0 Å². The molecule has 0 saturated carbocycles. The van der Waals surface area contributed by atoms with Crippen LogP contribution in [0.2, 0.25) is 0 Å². The number of methoxy groups -OCH3 is 1. The Morgan fingerprint density at radius 3 is 2.70 bits per heavy atom. The van der Waals surface area contributed by atoms with Crippen LogP contribution in [0.4, 0.5) is 0 Å². The fourth-order valence-electron chi connectivity index (χ4n) is 0.448. The van der Waals surface area contributed by atoms with Gasteiger partial charge >= 0.3 is 0 Å². The molecule has 0 atom stereocenters. The summed E-state index contributed by atoms with van der Waals surface area (Å²) in [7, 11) is 1.60. The highest BCUT2D eigenvalue weighted by atomic mass is 16.5. The highest BCUT2D eigenvalue weighted by Crippen LogP contribution is 1.93. The maximum absolute atomic E-state index is 4.68. The fraction of sp³-hybridized carbons (Fsp3) is 0.111. The molecule has 0 aliphatic rings. The molecule has 0 spiro atoms. The lowest BCUT2D eigenvalue weighted by molar-refractivity contribution is 0.338. The second-order valence-electron chi connectivity index (χ2n) is 1.71. The first kappa shape index (κ1) is 9.02. The van der Waals surface area contributed by atoms with E-state index < -0.39 is 0 Å². The highest BCUT2D eigenvalue weighted by molar-refractivity contribution is 5.25. The molecule has 1 nitrogen and oxygen atoms in total. The summed E-state index contributed by atoms with van der Waals surface area (Å²) in [5, 5.41) is 0. The summed E-state index contributed by atoms with van der Waals surface area (Å²) in [6.07, 6.45) is 8.72. The molecule has 10 heavy (non-hydrogen) atoms. The average molecular weight is 136 g/mol. The standard InChI is InChI=1S/C9H12O/c1-4-6-9(2)7-5-8-10-3/h4-8H,1-2H2,3H3/b6-4-,8-5+,9-7-. The number of hydrogen-bond acceptors (Lipinski definition) is 1. The second kappa shape index (κ2) is 6.14. The monoisotopic (exact) mass is 136 g/mol. The molecule has 0 aromatic heterocycles. The van der Waals surface area contributed by atoms with Gasteiger partial charge in [-0.1, -0.05) is 18.2 Å². The van der Waals surface area contributed by atoms with E-state index in [4.69, 9.17) is 0 Å². The Bertz CT molecular complexity index is 152. The maximum atomic E-state index is 4.68. The summed E-state index contributed by atoms with van der Waals surface area (Å²) in [5.41, 5.74) is 0.906. The van der Waals surface area contributed by atoms with Gasteiger partial charge in [0.15, 0.2) is 0 Å². The molecular weight excluding hydrogens is 124 g/mol. The molecule has 0 aromatic carbocycles. The van der Waals surface area contributed by atoms with Crippen LogP contribution in [0.5, 0.6) is 0 Å². The first-order valence-electron chi connectivity index (χ1n) is 2.98. The van der Waals surface area contributed by atoms with Crippen molar-refractivity contribution in [2.45, 2.75) is 0 Å². The Balaban J connectivity index is 3.79. The fourth-order valence-corrected chi connectivity index (χ4v) is 0.448. The lowest BCUT2D eigenvalue weighted by atomic mass is 10.2. The van der Waals surface area contributed by atoms with Gasteiger partial charge in [0.05, 0.1) is 13.4 Å². The van der Waals surface area contributed by atoms with Crippen LogP contribution in [0, 0.1) is 13.8 Å². The molecule has 0 N–H and O–H groups in total. The quantitative estimate of drug-likeness (QED) is 0.427. The number of allylic oxidation sites excluding steroid dienone is 5. The average Bonchev–Trinajstić information content (AvgIpc) is 1.89. The van der Waals surface area contributed by atoms with Gasteiger partial charge in [0, 0.05) is 0 Å². The lowest BCUT2D eigenvalue weighted by Gasteiger charge is -1.85. The number of rotatable bonds is 3. The predicted octanol–water partition coefficient (Wildman–Crippen LogP) is 2.30. The van der Waals surface area contributed by atoms with Crippen LogP contribution in [0.1, 0.15) is 0 Å². The lowest BCUT2D eigenvalue weighted by Crippen LogP contribution is -1.66. The normalized spacial score (nSPS) is 13.3. The molecule has 0 aliphatic carbocycles. The minimum Gasteiger partial charge on any atom is -0.504 e. The van der Waals surface area contributed by atoms with E-state index in [1.54, 1.807) is 25.5 Å². The topological polar surface area (TPSA) is 9.23 Å². The van der Waals surface area contributed by atoms with Gasteiger partial charge in [-0.25, -0.2) is 0 Å². The third-order valence-corrected chi connectivity index (χ3v) is 0.857. The molecule has 0 unspecified atom stereocenters. The third kappa shape index (κ3) is 5.16. The van der Waals surface area contributed by atoms with Gasteiger partial charge in [-0.3, -0.25) is 0 Å². The van der Waals surface area contributed by atoms with Gasteiger partial charge < -0.3 is 4.74 Å². The molecule has 1 heteroatoms. The van der Waals surface area contributed by atoms with Crippen molar-refractivity contribution in [3.63, 3.8) is 0 Å². The molecule has 54 valence electrons. The molecule has 0 heterocycles. The number of ether oxygens (including phenoxy) is 1. The van der Waals surface area contributed by atoms with Crippen LogP contribution in [0.25, 0.3) is 0 Å². The Labute approximate surface area is 62.7 Å². The predicted molar refractivity (Wildman–Crippen MR) is 44.1 cm³/mol. The van der Waals surface area contributed by atoms with Crippen molar-refractivity contribution >= 4 is 0 Å². The van der Waals surface area contributed by atoms with E-state index in [0.717, 1.165) is 5.57 Å². The molecule has 0 saturated heterocycles. The Morgan fingerprint density at radius 1 is 1.50 bits per heavy atom. The zero-order valence-corrected chi connectivity index (χ0v) is 6.21. The van der Waals surface area contributed by atoms with E-state index >= 15 is 0 Å². The van der Waals surface area contributed by atoms with Crippen molar-refractivity contribution in [3.05, 3.63) is 50.0 Å². The summed E-state index contributed by atoms with van der Waals surface area (Å²) in [6, 6.07) is 0. The summed E-state index contributed by atoms with van der Waals surface area (Å²) < 4.78 is 4.68. The summed E-state index contributed by atoms with van der Waals surface area (Å²) in [5.74, 6) is 0. The van der Waals surface area contributed by atoms with E-state index in [0.29, 0.717) is 0 Å². The number of hydrogen-bond donors (Lipinski definition) is 0. The van der Waals surface area contributed by atoms with Crippen molar-refractivity contribution in [2.75, 3.05) is 7.11 Å². The SMILES string of the molecule is [CH2]\C=C/C([CH2])=C\C=C\OC. The first-order valence-corrected chi connectivity index (χ1v) is 2.98. The van der Waals surface area contributed by atoms with Crippen LogP contribution in [-0.4, -0.2) is 7.11 Å². The maximum Gasteiger partial charge on any atom is 0.0824 e. The summed E-state index contributed by atoms with van der Waals surface area (Å²) >= 11 is 0. The van der Waals surface area contributed by atoms with Crippen LogP contribution < -0.4 is 0 Å². The third-order valence-electron chi connectivity index (χ3n) is 0.857. The van der Waals surface area contributed by atoms with E-state index in [-0.39, 0.29) is 0 Å². The summed E-state index contributed by atoms with van der Waals surface area (Å²) in [6.45, 7) is 7.26. The van der Waals surface area contributed by atoms with Crippen LogP contribution in [0.15, 0.2) is 36.1 Å². The zero-order valence-electron chi connectivity index (χ0n) is 6.21. The van der Waals surface area contributed by atoms with Crippen molar-refractivity contribution in [3.8, 4) is 0 Å². The van der Waals surface area contributed by atoms with Crippen molar-refractivity contribution in [1.29, 1.82) is 0 Å². The minimum absolute atomic E-state index is 0.906. The molecule has 0 bridgehead atoms. The van der Waals surface area contributed by atoms with Crippen molar-refractivity contribution in [1.82, 2.24) is 0 Å². The van der Waals surface area contributed by atoms with Crippen LogP contribution in [0.3, 0.4) is 0 Å². The van der Waals surface area contributed by atoms with Crippen molar-refractivity contribution < 1.29 is 4.74 Å². The molecule has 0 aliphatic heterocycles. The summed E-state index contributed by atoms with van der Waals surface area (Å²) in [4.78, 5) is 0. The van der Waals surface area contributed by atoms with E-state index in [2.05, 4.69) is 18.6 Å². The Morgan fingerprint density at radius 2 is 2.20 bits per heavy atom. The molecule has 0 amide bonds. The van der Waals surface area contributed by atoms with E-state index in [1.807, 2.05) is 12.2 Å². The molecule has 0 fully saturated rings. The zero-order chi connectivity index (χ0) is 7.82. The minimum atomic E-state index is 0.906. The van der Waals surface area contributed by atoms with Gasteiger partial charge in [0.25, 0.3) is 0 Å². The largest absolute Gasteiger partial charge is 0.504 e. The van der Waals surface area contributed by atoms with Gasteiger partial charge in [-0.15, -0.1) is 0 Å². The Hall–Kier alpha value is -0.980. The molecule has 2 radical (unpaired) electrons. The van der Waals surface area contributed by atoms with Gasteiger partial charge in [0.1, 0.15) is 0 Å². The second-order valence-corrected chi connectivity index (χ2v) is 1.71. The van der Waals surface area contributed by atoms with E-state index in [9.17, 15) is 0 Å². The smallest absolute Gasteiger partial charge is 0.0824 e. The highest BCUT2D eigenvalue weighted by Gasteiger charge is 1.74.